The van der Waals surface area contributed by atoms with Crippen molar-refractivity contribution in [1.82, 2.24) is 0 Å². The maximum absolute atomic E-state index is 11.6. The quantitative estimate of drug-likeness (QED) is 0.463. The van der Waals surface area contributed by atoms with Gasteiger partial charge in [-0.15, -0.1) is 11.3 Å². The first-order valence-corrected chi connectivity index (χ1v) is 7.00. The van der Waals surface area contributed by atoms with Gasteiger partial charge >= 0.3 is 5.97 Å². The number of furan rings is 1. The van der Waals surface area contributed by atoms with E-state index in [1.807, 2.05) is 23.6 Å². The summed E-state index contributed by atoms with van der Waals surface area (Å²) in [6.45, 7) is 0. The van der Waals surface area contributed by atoms with Gasteiger partial charge in [0.05, 0.1) is 4.88 Å². The summed E-state index contributed by atoms with van der Waals surface area (Å²) in [5, 5.41) is 1.91. The summed E-state index contributed by atoms with van der Waals surface area (Å²) in [5.41, 5.74) is 0.254. The van der Waals surface area contributed by atoms with E-state index in [2.05, 4.69) is 27.6 Å². The van der Waals surface area contributed by atoms with Crippen LogP contribution in [0.1, 0.15) is 10.6 Å². The Hall–Kier alpha value is -1.41. The van der Waals surface area contributed by atoms with Gasteiger partial charge < -0.3 is 9.15 Å². The fourth-order valence-electron chi connectivity index (χ4n) is 1.46. The van der Waals surface area contributed by atoms with E-state index < -0.39 is 5.97 Å². The van der Waals surface area contributed by atoms with E-state index in [0.717, 1.165) is 8.64 Å². The smallest absolute Gasteiger partial charge is 0.363 e. The fraction of sp³-hybridized carbons (Fsp3) is 0. The van der Waals surface area contributed by atoms with Crippen molar-refractivity contribution in [3.05, 3.63) is 49.7 Å². The van der Waals surface area contributed by atoms with E-state index in [0.29, 0.717) is 11.7 Å². The Bertz CT molecular complexity index is 655. The highest BCUT2D eigenvalue weighted by Gasteiger charge is 2.24. The minimum atomic E-state index is -0.454. The highest BCUT2D eigenvalue weighted by molar-refractivity contribution is 14.1. The molecular formula is C12H6INO3S. The Balaban J connectivity index is 1.94. The number of esters is 1. The van der Waals surface area contributed by atoms with Gasteiger partial charge in [-0.05, 0) is 46.2 Å². The van der Waals surface area contributed by atoms with Gasteiger partial charge in [-0.1, -0.05) is 6.07 Å². The summed E-state index contributed by atoms with van der Waals surface area (Å²) in [7, 11) is 0. The first-order valence-electron chi connectivity index (χ1n) is 5.04. The van der Waals surface area contributed by atoms with Crippen molar-refractivity contribution in [1.29, 1.82) is 0 Å². The van der Waals surface area contributed by atoms with Gasteiger partial charge in [0.2, 0.25) is 5.90 Å². The zero-order valence-electron chi connectivity index (χ0n) is 8.92. The molecule has 0 radical (unpaired) electrons. The van der Waals surface area contributed by atoms with Crippen LogP contribution in [0.15, 0.2) is 44.8 Å². The van der Waals surface area contributed by atoms with Crippen LogP contribution in [0.2, 0.25) is 0 Å². The maximum atomic E-state index is 11.6. The number of rotatable bonds is 2. The highest BCUT2D eigenvalue weighted by Crippen LogP contribution is 2.22. The lowest BCUT2D eigenvalue weighted by atomic mass is 10.3. The molecule has 0 saturated heterocycles. The summed E-state index contributed by atoms with van der Waals surface area (Å²) in [6.07, 6.45) is 1.57. The molecule has 1 aliphatic heterocycles. The minimum absolute atomic E-state index is 0.254. The zero-order chi connectivity index (χ0) is 12.5. The normalized spacial score (nSPS) is 17.1. The van der Waals surface area contributed by atoms with Crippen LogP contribution in [0.25, 0.3) is 6.08 Å². The number of cyclic esters (lactones) is 1. The van der Waals surface area contributed by atoms with Crippen molar-refractivity contribution in [3.63, 3.8) is 0 Å². The average Bonchev–Trinajstić information content (AvgIpc) is 3.02. The molecular weight excluding hydrogens is 365 g/mol. The molecule has 0 atom stereocenters. The van der Waals surface area contributed by atoms with Crippen LogP contribution in [0, 0.1) is 3.77 Å². The maximum Gasteiger partial charge on any atom is 0.363 e. The first-order chi connectivity index (χ1) is 8.72. The molecule has 0 N–H and O–H groups in total. The molecule has 0 saturated carbocycles. The number of hydrogen-bond acceptors (Lipinski definition) is 5. The molecule has 4 nitrogen and oxygen atoms in total. The third-order valence-corrected chi connectivity index (χ3v) is 3.66. The lowest BCUT2D eigenvalue weighted by Gasteiger charge is -1.92. The summed E-state index contributed by atoms with van der Waals surface area (Å²) in [4.78, 5) is 16.7. The zero-order valence-corrected chi connectivity index (χ0v) is 11.9. The number of hydrogen-bond donors (Lipinski definition) is 0. The van der Waals surface area contributed by atoms with E-state index in [9.17, 15) is 4.79 Å². The SMILES string of the molecule is O=C1OC(c2cccs2)=N/C1=C\c1ccc(I)o1. The van der Waals surface area contributed by atoms with Gasteiger partial charge in [0, 0.05) is 6.08 Å². The van der Waals surface area contributed by atoms with Crippen molar-refractivity contribution in [2.45, 2.75) is 0 Å². The van der Waals surface area contributed by atoms with Crippen molar-refractivity contribution in [2.24, 2.45) is 4.99 Å². The molecule has 0 amide bonds. The van der Waals surface area contributed by atoms with Crippen LogP contribution >= 0.6 is 33.9 Å². The standard InChI is InChI=1S/C12H6INO3S/c13-10-4-3-7(16-10)6-8-12(15)17-11(14-8)9-2-1-5-18-9/h1-6H/b8-6-. The van der Waals surface area contributed by atoms with E-state index in [-0.39, 0.29) is 5.70 Å². The molecule has 18 heavy (non-hydrogen) atoms. The van der Waals surface area contributed by atoms with Crippen LogP contribution in [0.4, 0.5) is 0 Å². The van der Waals surface area contributed by atoms with Crippen LogP contribution in [0.3, 0.4) is 0 Å². The number of ether oxygens (including phenoxy) is 1. The third-order valence-electron chi connectivity index (χ3n) is 2.23. The molecule has 90 valence electrons. The molecule has 0 aliphatic carbocycles. The second-order valence-electron chi connectivity index (χ2n) is 3.46. The predicted octanol–water partition coefficient (Wildman–Crippen LogP) is 3.29. The van der Waals surface area contributed by atoms with Crippen LogP contribution < -0.4 is 0 Å². The number of carbonyl (C=O) groups is 1. The number of thiophene rings is 1. The summed E-state index contributed by atoms with van der Waals surface area (Å²) in [6, 6.07) is 7.33. The van der Waals surface area contributed by atoms with Crippen LogP contribution in [-0.2, 0) is 9.53 Å². The van der Waals surface area contributed by atoms with E-state index in [4.69, 9.17) is 9.15 Å². The minimum Gasteiger partial charge on any atom is -0.451 e. The molecule has 0 fully saturated rings. The number of nitrogens with zero attached hydrogens (tertiary/aromatic N) is 1. The number of halogens is 1. The fourth-order valence-corrected chi connectivity index (χ4v) is 2.54. The highest BCUT2D eigenvalue weighted by atomic mass is 127. The van der Waals surface area contributed by atoms with Crippen molar-refractivity contribution in [2.75, 3.05) is 0 Å². The summed E-state index contributed by atoms with van der Waals surface area (Å²) < 4.78 is 11.2. The van der Waals surface area contributed by atoms with Crippen molar-refractivity contribution >= 4 is 51.9 Å². The molecule has 0 bridgehead atoms. The van der Waals surface area contributed by atoms with E-state index in [1.54, 1.807) is 12.1 Å². The van der Waals surface area contributed by atoms with Gasteiger partial charge in [0.1, 0.15) is 5.76 Å². The van der Waals surface area contributed by atoms with Gasteiger partial charge in [0.25, 0.3) is 0 Å². The molecule has 6 heteroatoms. The molecule has 2 aromatic rings. The van der Waals surface area contributed by atoms with Gasteiger partial charge in [-0.2, -0.15) is 0 Å². The first kappa shape index (κ1) is 11.7. The van der Waals surface area contributed by atoms with Gasteiger partial charge in [-0.3, -0.25) is 0 Å². The predicted molar refractivity (Wildman–Crippen MR) is 76.4 cm³/mol. The topological polar surface area (TPSA) is 51.8 Å². The van der Waals surface area contributed by atoms with E-state index >= 15 is 0 Å². The Morgan fingerprint density at radius 1 is 1.33 bits per heavy atom. The summed E-state index contributed by atoms with van der Waals surface area (Å²) in [5.74, 6) is 0.481. The number of carbonyl (C=O) groups excluding carboxylic acids is 1. The second-order valence-corrected chi connectivity index (χ2v) is 5.47. The molecule has 2 aromatic heterocycles. The molecule has 0 aromatic carbocycles. The third kappa shape index (κ3) is 2.25. The van der Waals surface area contributed by atoms with Crippen molar-refractivity contribution in [3.8, 4) is 0 Å². The van der Waals surface area contributed by atoms with Gasteiger partial charge in [0.15, 0.2) is 9.46 Å². The second kappa shape index (κ2) is 4.69. The van der Waals surface area contributed by atoms with Crippen LogP contribution in [-0.4, -0.2) is 11.9 Å². The average molecular weight is 371 g/mol. The monoisotopic (exact) mass is 371 g/mol. The van der Waals surface area contributed by atoms with Gasteiger partial charge in [-0.25, -0.2) is 9.79 Å². The molecule has 1 aliphatic rings. The largest absolute Gasteiger partial charge is 0.451 e. The van der Waals surface area contributed by atoms with Crippen molar-refractivity contribution < 1.29 is 13.9 Å². The Morgan fingerprint density at radius 2 is 2.22 bits per heavy atom. The molecule has 0 spiro atoms. The molecule has 3 rings (SSSR count). The Kier molecular flexibility index (Phi) is 3.04. The Morgan fingerprint density at radius 3 is 2.89 bits per heavy atom. The molecule has 0 unspecified atom stereocenters. The summed E-state index contributed by atoms with van der Waals surface area (Å²) >= 11 is 3.53. The van der Waals surface area contributed by atoms with E-state index in [1.165, 1.54) is 11.3 Å². The molecule has 3 heterocycles. The van der Waals surface area contributed by atoms with Crippen LogP contribution in [0.5, 0.6) is 0 Å². The Labute approximate surface area is 120 Å². The lowest BCUT2D eigenvalue weighted by molar-refractivity contribution is -0.129. The number of aliphatic imine (C=N–C) groups is 1. The lowest BCUT2D eigenvalue weighted by Crippen LogP contribution is -2.03.